The average Bonchev–Trinajstić information content (AvgIpc) is 2.92. The summed E-state index contributed by atoms with van der Waals surface area (Å²) in [6.45, 7) is 0.444. The maximum Gasteiger partial charge on any atom is 0.242 e. The zero-order chi connectivity index (χ0) is 16.1. The molecule has 22 heavy (non-hydrogen) atoms. The van der Waals surface area contributed by atoms with Gasteiger partial charge in [0.25, 0.3) is 0 Å². The van der Waals surface area contributed by atoms with Crippen LogP contribution in [0.15, 0.2) is 35.1 Å². The molecule has 1 heterocycles. The fourth-order valence-corrected chi connectivity index (χ4v) is 2.74. The van der Waals surface area contributed by atoms with E-state index >= 15 is 0 Å². The Hall–Kier alpha value is -1.86. The number of methoxy groups -OCH3 is 1. The minimum atomic E-state index is -0.421. The van der Waals surface area contributed by atoms with E-state index in [1.807, 2.05) is 31.4 Å². The number of carbonyl (C=O) groups excluding carboxylic acids is 1. The molecule has 0 saturated carbocycles. The zero-order valence-electron chi connectivity index (χ0n) is 12.8. The molecule has 0 fully saturated rings. The van der Waals surface area contributed by atoms with Crippen LogP contribution in [0.4, 0.5) is 0 Å². The highest BCUT2D eigenvalue weighted by molar-refractivity contribution is 9.10. The third-order valence-electron chi connectivity index (χ3n) is 3.29. The largest absolute Gasteiger partial charge is 0.496 e. The second kappa shape index (κ2) is 7.42. The Bertz CT molecular complexity index is 657. The van der Waals surface area contributed by atoms with Crippen molar-refractivity contribution in [2.75, 3.05) is 14.2 Å². The molecule has 0 radical (unpaired) electrons. The first-order valence-corrected chi connectivity index (χ1v) is 7.60. The Kier molecular flexibility index (Phi) is 5.57. The molecular weight excluding hydrogens is 348 g/mol. The SMILES string of the molecule is CNC(C(=O)NCc1ccc(OC)c(Br)c1)c1cnn(C)c1. The summed E-state index contributed by atoms with van der Waals surface area (Å²) in [4.78, 5) is 12.3. The molecule has 7 heteroatoms. The summed E-state index contributed by atoms with van der Waals surface area (Å²) in [5.41, 5.74) is 1.82. The summed E-state index contributed by atoms with van der Waals surface area (Å²) in [5, 5.41) is 10.0. The van der Waals surface area contributed by atoms with Gasteiger partial charge in [-0.05, 0) is 40.7 Å². The van der Waals surface area contributed by atoms with Crippen LogP contribution in [0.3, 0.4) is 0 Å². The third-order valence-corrected chi connectivity index (χ3v) is 3.91. The van der Waals surface area contributed by atoms with E-state index < -0.39 is 6.04 Å². The Labute approximate surface area is 138 Å². The van der Waals surface area contributed by atoms with Crippen molar-refractivity contribution >= 4 is 21.8 Å². The Morgan fingerprint density at radius 3 is 2.82 bits per heavy atom. The summed E-state index contributed by atoms with van der Waals surface area (Å²) < 4.78 is 7.72. The summed E-state index contributed by atoms with van der Waals surface area (Å²) in [6.07, 6.45) is 3.51. The van der Waals surface area contributed by atoms with Gasteiger partial charge >= 0.3 is 0 Å². The molecule has 0 saturated heterocycles. The van der Waals surface area contributed by atoms with Crippen LogP contribution in [0.5, 0.6) is 5.75 Å². The number of ether oxygens (including phenoxy) is 1. The lowest BCUT2D eigenvalue weighted by molar-refractivity contribution is -0.123. The summed E-state index contributed by atoms with van der Waals surface area (Å²) in [5.74, 6) is 0.668. The molecule has 0 aliphatic heterocycles. The van der Waals surface area contributed by atoms with E-state index in [0.717, 1.165) is 21.3 Å². The molecule has 118 valence electrons. The van der Waals surface area contributed by atoms with E-state index in [4.69, 9.17) is 4.74 Å². The number of aryl methyl sites for hydroxylation is 1. The predicted molar refractivity (Wildman–Crippen MR) is 87.5 cm³/mol. The first kappa shape index (κ1) is 16.5. The van der Waals surface area contributed by atoms with E-state index in [1.165, 1.54) is 0 Å². The first-order chi connectivity index (χ1) is 10.5. The fraction of sp³-hybridized carbons (Fsp3) is 0.333. The number of nitrogens with one attached hydrogen (secondary N) is 2. The minimum absolute atomic E-state index is 0.0950. The van der Waals surface area contributed by atoms with Crippen molar-refractivity contribution in [3.63, 3.8) is 0 Å². The molecular formula is C15H19BrN4O2. The molecule has 0 bridgehead atoms. The van der Waals surface area contributed by atoms with Crippen molar-refractivity contribution < 1.29 is 9.53 Å². The van der Waals surface area contributed by atoms with Crippen molar-refractivity contribution in [2.24, 2.45) is 7.05 Å². The summed E-state index contributed by atoms with van der Waals surface area (Å²) >= 11 is 3.44. The lowest BCUT2D eigenvalue weighted by Crippen LogP contribution is -2.35. The van der Waals surface area contributed by atoms with Crippen LogP contribution in [-0.4, -0.2) is 29.8 Å². The van der Waals surface area contributed by atoms with E-state index in [9.17, 15) is 4.79 Å². The molecule has 6 nitrogen and oxygen atoms in total. The lowest BCUT2D eigenvalue weighted by Gasteiger charge is -2.15. The van der Waals surface area contributed by atoms with Gasteiger partial charge < -0.3 is 15.4 Å². The van der Waals surface area contributed by atoms with Crippen LogP contribution >= 0.6 is 15.9 Å². The van der Waals surface area contributed by atoms with Gasteiger partial charge in [0.05, 0.1) is 17.8 Å². The topological polar surface area (TPSA) is 68.2 Å². The Morgan fingerprint density at radius 2 is 2.27 bits per heavy atom. The van der Waals surface area contributed by atoms with Gasteiger partial charge in [0.1, 0.15) is 11.8 Å². The fourth-order valence-electron chi connectivity index (χ4n) is 2.15. The number of benzene rings is 1. The molecule has 2 rings (SSSR count). The number of hydrogen-bond acceptors (Lipinski definition) is 4. The van der Waals surface area contributed by atoms with Gasteiger partial charge in [0.15, 0.2) is 0 Å². The van der Waals surface area contributed by atoms with Gasteiger partial charge in [-0.15, -0.1) is 0 Å². The van der Waals surface area contributed by atoms with Gasteiger partial charge in [0.2, 0.25) is 5.91 Å². The highest BCUT2D eigenvalue weighted by Crippen LogP contribution is 2.25. The van der Waals surface area contributed by atoms with Gasteiger partial charge in [-0.3, -0.25) is 9.48 Å². The molecule has 1 aromatic heterocycles. The summed E-state index contributed by atoms with van der Waals surface area (Å²) in [7, 11) is 5.19. The molecule has 0 aliphatic rings. The number of carbonyl (C=O) groups is 1. The van der Waals surface area contributed by atoms with Crippen molar-refractivity contribution in [1.82, 2.24) is 20.4 Å². The third kappa shape index (κ3) is 3.86. The van der Waals surface area contributed by atoms with Crippen molar-refractivity contribution in [1.29, 1.82) is 0 Å². The number of aromatic nitrogens is 2. The second-order valence-electron chi connectivity index (χ2n) is 4.86. The molecule has 1 unspecified atom stereocenters. The predicted octanol–water partition coefficient (Wildman–Crippen LogP) is 1.77. The van der Waals surface area contributed by atoms with Crippen LogP contribution in [0.25, 0.3) is 0 Å². The molecule has 0 aliphatic carbocycles. The Morgan fingerprint density at radius 1 is 1.50 bits per heavy atom. The molecule has 2 aromatic rings. The quantitative estimate of drug-likeness (QED) is 0.817. The smallest absolute Gasteiger partial charge is 0.242 e. The van der Waals surface area contributed by atoms with Crippen LogP contribution in [0.1, 0.15) is 17.2 Å². The van der Waals surface area contributed by atoms with Crippen molar-refractivity contribution in [3.8, 4) is 5.75 Å². The zero-order valence-corrected chi connectivity index (χ0v) is 14.3. The standard InChI is InChI=1S/C15H19BrN4O2/c1-17-14(11-8-19-20(2)9-11)15(21)18-7-10-4-5-13(22-3)12(16)6-10/h4-6,8-9,14,17H,7H2,1-3H3,(H,18,21). The van der Waals surface area contributed by atoms with Gasteiger partial charge in [-0.2, -0.15) is 5.10 Å². The van der Waals surface area contributed by atoms with Crippen LogP contribution < -0.4 is 15.4 Å². The van der Waals surface area contributed by atoms with E-state index in [1.54, 1.807) is 25.0 Å². The molecule has 1 atom stereocenters. The second-order valence-corrected chi connectivity index (χ2v) is 5.71. The molecule has 1 aromatic carbocycles. The molecule has 0 spiro atoms. The Balaban J connectivity index is 2.00. The van der Waals surface area contributed by atoms with Gasteiger partial charge in [-0.1, -0.05) is 6.07 Å². The van der Waals surface area contributed by atoms with Gasteiger partial charge in [0, 0.05) is 25.4 Å². The van der Waals surface area contributed by atoms with E-state index in [2.05, 4.69) is 31.7 Å². The lowest BCUT2D eigenvalue weighted by atomic mass is 10.1. The van der Waals surface area contributed by atoms with Crippen LogP contribution in [0, 0.1) is 0 Å². The maximum atomic E-state index is 12.3. The summed E-state index contributed by atoms with van der Waals surface area (Å²) in [6, 6.07) is 5.29. The number of likely N-dealkylation sites (N-methyl/N-ethyl adjacent to an activating group) is 1. The van der Waals surface area contributed by atoms with E-state index in [-0.39, 0.29) is 5.91 Å². The van der Waals surface area contributed by atoms with Crippen LogP contribution in [-0.2, 0) is 18.4 Å². The van der Waals surface area contributed by atoms with Crippen molar-refractivity contribution in [3.05, 3.63) is 46.2 Å². The number of nitrogens with zero attached hydrogens (tertiary/aromatic N) is 2. The van der Waals surface area contributed by atoms with Crippen molar-refractivity contribution in [2.45, 2.75) is 12.6 Å². The maximum absolute atomic E-state index is 12.3. The minimum Gasteiger partial charge on any atom is -0.496 e. The molecule has 2 N–H and O–H groups in total. The number of rotatable bonds is 6. The van der Waals surface area contributed by atoms with Crippen LogP contribution in [0.2, 0.25) is 0 Å². The highest BCUT2D eigenvalue weighted by Gasteiger charge is 2.19. The van der Waals surface area contributed by atoms with E-state index in [0.29, 0.717) is 6.54 Å². The molecule has 1 amide bonds. The normalized spacial score (nSPS) is 12.0. The monoisotopic (exact) mass is 366 g/mol. The average molecular weight is 367 g/mol. The van der Waals surface area contributed by atoms with Gasteiger partial charge in [-0.25, -0.2) is 0 Å². The highest BCUT2D eigenvalue weighted by atomic mass is 79.9. The number of amides is 1. The number of hydrogen-bond donors (Lipinski definition) is 2. The number of halogens is 1. The first-order valence-electron chi connectivity index (χ1n) is 6.81.